The third kappa shape index (κ3) is 2.35. The fraction of sp³-hybridized carbons (Fsp3) is 0.500. The molecule has 2 amide bonds. The summed E-state index contributed by atoms with van der Waals surface area (Å²) in [6, 6.07) is 3.77. The van der Waals surface area contributed by atoms with Crippen LogP contribution in [0, 0.1) is 11.3 Å². The van der Waals surface area contributed by atoms with Crippen LogP contribution >= 0.6 is 0 Å². The summed E-state index contributed by atoms with van der Waals surface area (Å²) in [5.74, 6) is 0.473. The first-order valence-corrected chi connectivity index (χ1v) is 8.35. The highest BCUT2D eigenvalue weighted by atomic mass is 16.2. The highest BCUT2D eigenvalue weighted by Crippen LogP contribution is 2.42. The zero-order valence-electron chi connectivity index (χ0n) is 13.1. The van der Waals surface area contributed by atoms with Gasteiger partial charge >= 0.3 is 0 Å². The summed E-state index contributed by atoms with van der Waals surface area (Å²) in [7, 11) is 0. The van der Waals surface area contributed by atoms with Gasteiger partial charge in [-0.05, 0) is 37.8 Å². The standard InChI is InChI=1S/C18H21N3O2/c22-16(14-4-1-2-5-14)20-10-7-18(13-20)8-11-21(17(18)23)15-6-3-9-19-12-15/h1-3,6,9,12,14H,4-5,7-8,10-11,13H2/t18-/m1/s1. The molecule has 1 aromatic heterocycles. The summed E-state index contributed by atoms with van der Waals surface area (Å²) in [6.07, 6.45) is 10.9. The second-order valence-corrected chi connectivity index (χ2v) is 6.85. The molecule has 1 aromatic rings. The molecule has 0 saturated carbocycles. The Labute approximate surface area is 136 Å². The monoisotopic (exact) mass is 311 g/mol. The molecule has 0 unspecified atom stereocenters. The molecule has 1 aliphatic carbocycles. The Morgan fingerprint density at radius 3 is 2.74 bits per heavy atom. The number of carbonyl (C=O) groups is 2. The predicted molar refractivity (Wildman–Crippen MR) is 86.7 cm³/mol. The van der Waals surface area contributed by atoms with Gasteiger partial charge in [-0.25, -0.2) is 0 Å². The van der Waals surface area contributed by atoms with E-state index in [1.165, 1.54) is 0 Å². The molecule has 0 aromatic carbocycles. The Bertz CT molecular complexity index is 649. The zero-order chi connectivity index (χ0) is 15.9. The molecular formula is C18H21N3O2. The summed E-state index contributed by atoms with van der Waals surface area (Å²) < 4.78 is 0. The summed E-state index contributed by atoms with van der Waals surface area (Å²) in [5, 5.41) is 0. The normalized spacial score (nSPS) is 27.6. The summed E-state index contributed by atoms with van der Waals surface area (Å²) in [6.45, 7) is 2.01. The summed E-state index contributed by atoms with van der Waals surface area (Å²) in [4.78, 5) is 33.4. The predicted octanol–water partition coefficient (Wildman–Crippen LogP) is 2.00. The van der Waals surface area contributed by atoms with Crippen LogP contribution in [-0.4, -0.2) is 41.3 Å². The van der Waals surface area contributed by atoms with E-state index in [2.05, 4.69) is 17.1 Å². The van der Waals surface area contributed by atoms with Gasteiger partial charge in [-0.1, -0.05) is 12.2 Å². The lowest BCUT2D eigenvalue weighted by Crippen LogP contribution is -2.39. The molecule has 120 valence electrons. The van der Waals surface area contributed by atoms with Crippen molar-refractivity contribution in [3.8, 4) is 0 Å². The maximum absolute atomic E-state index is 13.0. The number of carbonyl (C=O) groups excluding carboxylic acids is 2. The van der Waals surface area contributed by atoms with Gasteiger partial charge < -0.3 is 9.80 Å². The summed E-state index contributed by atoms with van der Waals surface area (Å²) >= 11 is 0. The SMILES string of the molecule is O=C(C1CC=CC1)N1CC[C@@]2(CCN(c3cccnc3)C2=O)C1. The zero-order valence-corrected chi connectivity index (χ0v) is 13.1. The maximum Gasteiger partial charge on any atom is 0.235 e. The number of hydrogen-bond donors (Lipinski definition) is 0. The van der Waals surface area contributed by atoms with Gasteiger partial charge in [0.05, 0.1) is 17.3 Å². The first-order chi connectivity index (χ1) is 11.2. The van der Waals surface area contributed by atoms with Crippen molar-refractivity contribution in [3.05, 3.63) is 36.7 Å². The molecule has 2 saturated heterocycles. The Morgan fingerprint density at radius 2 is 2.00 bits per heavy atom. The van der Waals surface area contributed by atoms with Gasteiger partial charge in [-0.3, -0.25) is 14.6 Å². The molecule has 1 spiro atoms. The molecule has 0 N–H and O–H groups in total. The van der Waals surface area contributed by atoms with E-state index in [0.717, 1.165) is 37.9 Å². The number of rotatable bonds is 2. The second kappa shape index (κ2) is 5.48. The minimum absolute atomic E-state index is 0.0936. The van der Waals surface area contributed by atoms with Gasteiger partial charge in [0.25, 0.3) is 0 Å². The summed E-state index contributed by atoms with van der Waals surface area (Å²) in [5.41, 5.74) is 0.483. The minimum atomic E-state index is -0.377. The topological polar surface area (TPSA) is 53.5 Å². The second-order valence-electron chi connectivity index (χ2n) is 6.85. The molecule has 5 nitrogen and oxygen atoms in total. The molecule has 4 rings (SSSR count). The van der Waals surface area contributed by atoms with Crippen molar-refractivity contribution >= 4 is 17.5 Å². The van der Waals surface area contributed by atoms with Crippen LogP contribution in [0.3, 0.4) is 0 Å². The van der Waals surface area contributed by atoms with Gasteiger partial charge in [0.1, 0.15) is 0 Å². The fourth-order valence-corrected chi connectivity index (χ4v) is 4.10. The van der Waals surface area contributed by atoms with Gasteiger partial charge in [-0.15, -0.1) is 0 Å². The largest absolute Gasteiger partial charge is 0.341 e. The maximum atomic E-state index is 13.0. The van der Waals surface area contributed by atoms with E-state index in [1.807, 2.05) is 21.9 Å². The van der Waals surface area contributed by atoms with E-state index < -0.39 is 0 Å². The number of hydrogen-bond acceptors (Lipinski definition) is 3. The average Bonchev–Trinajstić information content (AvgIpc) is 3.31. The van der Waals surface area contributed by atoms with E-state index in [4.69, 9.17) is 0 Å². The lowest BCUT2D eigenvalue weighted by molar-refractivity contribution is -0.135. The lowest BCUT2D eigenvalue weighted by Gasteiger charge is -2.25. The van der Waals surface area contributed by atoms with Crippen LogP contribution in [0.15, 0.2) is 36.7 Å². The third-order valence-corrected chi connectivity index (χ3v) is 5.49. The fourth-order valence-electron chi connectivity index (χ4n) is 4.10. The molecule has 1 atom stereocenters. The van der Waals surface area contributed by atoms with Crippen molar-refractivity contribution in [1.29, 1.82) is 0 Å². The quantitative estimate of drug-likeness (QED) is 0.785. The molecule has 0 radical (unpaired) electrons. The number of pyridine rings is 1. The highest BCUT2D eigenvalue weighted by Gasteiger charge is 2.52. The smallest absolute Gasteiger partial charge is 0.235 e. The van der Waals surface area contributed by atoms with Crippen LogP contribution in [0.25, 0.3) is 0 Å². The minimum Gasteiger partial charge on any atom is -0.341 e. The average molecular weight is 311 g/mol. The van der Waals surface area contributed by atoms with Crippen LogP contribution in [0.5, 0.6) is 0 Å². The van der Waals surface area contributed by atoms with Crippen LogP contribution in [0.1, 0.15) is 25.7 Å². The Morgan fingerprint density at radius 1 is 1.22 bits per heavy atom. The van der Waals surface area contributed by atoms with E-state index in [-0.39, 0.29) is 23.1 Å². The van der Waals surface area contributed by atoms with Crippen LogP contribution in [0.2, 0.25) is 0 Å². The van der Waals surface area contributed by atoms with E-state index in [1.54, 1.807) is 12.4 Å². The molecule has 2 fully saturated rings. The molecule has 23 heavy (non-hydrogen) atoms. The molecular weight excluding hydrogens is 290 g/mol. The number of aromatic nitrogens is 1. The van der Waals surface area contributed by atoms with E-state index >= 15 is 0 Å². The molecule has 3 heterocycles. The van der Waals surface area contributed by atoms with Gasteiger partial charge in [-0.2, -0.15) is 0 Å². The first-order valence-electron chi connectivity index (χ1n) is 8.35. The van der Waals surface area contributed by atoms with Crippen molar-refractivity contribution in [2.24, 2.45) is 11.3 Å². The lowest BCUT2D eigenvalue weighted by atomic mass is 9.85. The molecule has 3 aliphatic rings. The highest BCUT2D eigenvalue weighted by molar-refractivity contribution is 6.00. The van der Waals surface area contributed by atoms with Gasteiger partial charge in [0, 0.05) is 31.7 Å². The van der Waals surface area contributed by atoms with Crippen molar-refractivity contribution in [1.82, 2.24) is 9.88 Å². The number of anilines is 1. The van der Waals surface area contributed by atoms with Crippen molar-refractivity contribution in [3.63, 3.8) is 0 Å². The van der Waals surface area contributed by atoms with Crippen molar-refractivity contribution in [2.75, 3.05) is 24.5 Å². The third-order valence-electron chi connectivity index (χ3n) is 5.49. The Hall–Kier alpha value is -2.17. The number of nitrogens with zero attached hydrogens (tertiary/aromatic N) is 3. The first kappa shape index (κ1) is 14.4. The van der Waals surface area contributed by atoms with Crippen LogP contribution in [0.4, 0.5) is 5.69 Å². The number of likely N-dealkylation sites (tertiary alicyclic amines) is 1. The molecule has 2 aliphatic heterocycles. The number of amides is 2. The Balaban J connectivity index is 1.48. The van der Waals surface area contributed by atoms with Crippen molar-refractivity contribution in [2.45, 2.75) is 25.7 Å². The van der Waals surface area contributed by atoms with E-state index in [0.29, 0.717) is 13.1 Å². The Kier molecular flexibility index (Phi) is 3.43. The number of allylic oxidation sites excluding steroid dienone is 2. The van der Waals surface area contributed by atoms with Gasteiger partial charge in [0.15, 0.2) is 0 Å². The van der Waals surface area contributed by atoms with E-state index in [9.17, 15) is 9.59 Å². The van der Waals surface area contributed by atoms with Crippen LogP contribution < -0.4 is 4.90 Å². The molecule has 5 heteroatoms. The van der Waals surface area contributed by atoms with Crippen molar-refractivity contribution < 1.29 is 9.59 Å². The van der Waals surface area contributed by atoms with Crippen LogP contribution in [-0.2, 0) is 9.59 Å². The van der Waals surface area contributed by atoms with Gasteiger partial charge in [0.2, 0.25) is 11.8 Å². The molecule has 0 bridgehead atoms.